The molecule has 0 spiro atoms. The Morgan fingerprint density at radius 1 is 1.35 bits per heavy atom. The van der Waals surface area contributed by atoms with Gasteiger partial charge in [0.25, 0.3) is 0 Å². The van der Waals surface area contributed by atoms with E-state index >= 15 is 0 Å². The maximum atomic E-state index is 11.6. The molecule has 1 fully saturated rings. The van der Waals surface area contributed by atoms with E-state index in [0.717, 1.165) is 25.5 Å². The number of carbonyl (C=O) groups is 1. The van der Waals surface area contributed by atoms with Crippen molar-refractivity contribution < 1.29 is 9.53 Å². The Morgan fingerprint density at radius 3 is 2.65 bits per heavy atom. The third-order valence-corrected chi connectivity index (χ3v) is 3.38. The van der Waals surface area contributed by atoms with Gasteiger partial charge in [0.05, 0.1) is 0 Å². The van der Waals surface area contributed by atoms with Gasteiger partial charge in [-0.1, -0.05) is 12.8 Å². The second-order valence-electron chi connectivity index (χ2n) is 5.35. The highest BCUT2D eigenvalue weighted by atomic mass is 16.5. The minimum absolute atomic E-state index is 0.00872. The average molecular weight is 284 g/mol. The maximum absolute atomic E-state index is 11.6. The molecule has 0 atom stereocenters. The molecule has 20 heavy (non-hydrogen) atoms. The summed E-state index contributed by atoms with van der Waals surface area (Å²) in [7, 11) is 5.18. The first-order valence-electron chi connectivity index (χ1n) is 7.37. The van der Waals surface area contributed by atoms with Gasteiger partial charge in [-0.25, -0.2) is 4.99 Å². The van der Waals surface area contributed by atoms with E-state index in [9.17, 15) is 4.79 Å². The van der Waals surface area contributed by atoms with Gasteiger partial charge in [0.1, 0.15) is 6.54 Å². The number of rotatable bonds is 7. The van der Waals surface area contributed by atoms with Crippen molar-refractivity contribution >= 4 is 11.9 Å². The van der Waals surface area contributed by atoms with Crippen LogP contribution in [0.2, 0.25) is 0 Å². The minimum atomic E-state index is 0.00872. The van der Waals surface area contributed by atoms with Crippen LogP contribution in [0.5, 0.6) is 0 Å². The first-order chi connectivity index (χ1) is 9.63. The Kier molecular flexibility index (Phi) is 8.02. The number of aliphatic imine (C=N–C) groups is 1. The third kappa shape index (κ3) is 6.75. The normalized spacial score (nSPS) is 16.2. The molecular weight excluding hydrogens is 256 g/mol. The van der Waals surface area contributed by atoms with Gasteiger partial charge in [-0.05, 0) is 19.3 Å². The second-order valence-corrected chi connectivity index (χ2v) is 5.35. The molecule has 0 bridgehead atoms. The zero-order chi connectivity index (χ0) is 14.8. The number of nitrogens with zero attached hydrogens (tertiary/aromatic N) is 2. The molecule has 6 heteroatoms. The third-order valence-electron chi connectivity index (χ3n) is 3.38. The maximum Gasteiger partial charge on any atom is 0.243 e. The van der Waals surface area contributed by atoms with E-state index in [1.165, 1.54) is 25.7 Å². The molecule has 2 N–H and O–H groups in total. The number of ether oxygens (including phenoxy) is 1. The fourth-order valence-corrected chi connectivity index (χ4v) is 2.13. The van der Waals surface area contributed by atoms with E-state index in [1.807, 2.05) is 0 Å². The summed E-state index contributed by atoms with van der Waals surface area (Å²) in [6, 6.07) is 0.484. The van der Waals surface area contributed by atoms with Gasteiger partial charge < -0.3 is 20.3 Å². The lowest BCUT2D eigenvalue weighted by Gasteiger charge is -2.17. The molecule has 116 valence electrons. The highest BCUT2D eigenvalue weighted by Crippen LogP contribution is 2.17. The summed E-state index contributed by atoms with van der Waals surface area (Å²) >= 11 is 0. The van der Waals surface area contributed by atoms with E-state index in [-0.39, 0.29) is 12.5 Å². The van der Waals surface area contributed by atoms with Crippen LogP contribution in [0.3, 0.4) is 0 Å². The molecule has 1 aliphatic carbocycles. The summed E-state index contributed by atoms with van der Waals surface area (Å²) in [5.74, 6) is 0.748. The fraction of sp³-hybridized carbons (Fsp3) is 0.857. The van der Waals surface area contributed by atoms with Crippen molar-refractivity contribution in [2.24, 2.45) is 4.99 Å². The topological polar surface area (TPSA) is 66.0 Å². The Labute approximate surface area is 122 Å². The van der Waals surface area contributed by atoms with Crippen LogP contribution < -0.4 is 10.6 Å². The molecule has 0 aromatic carbocycles. The highest BCUT2D eigenvalue weighted by molar-refractivity contribution is 5.84. The molecule has 6 nitrogen and oxygen atoms in total. The molecule has 0 unspecified atom stereocenters. The van der Waals surface area contributed by atoms with Gasteiger partial charge in [0.15, 0.2) is 5.96 Å². The first-order valence-corrected chi connectivity index (χ1v) is 7.37. The van der Waals surface area contributed by atoms with Crippen molar-refractivity contribution in [1.82, 2.24) is 15.5 Å². The van der Waals surface area contributed by atoms with Crippen LogP contribution in [0, 0.1) is 0 Å². The zero-order valence-corrected chi connectivity index (χ0v) is 12.9. The predicted octanol–water partition coefficient (Wildman–Crippen LogP) is 0.589. The summed E-state index contributed by atoms with van der Waals surface area (Å²) in [4.78, 5) is 17.5. The SMILES string of the molecule is COCCCNC(=NCC(=O)N(C)C)NC1CCCC1. The van der Waals surface area contributed by atoms with Gasteiger partial charge in [0, 0.05) is 40.4 Å². The van der Waals surface area contributed by atoms with Gasteiger partial charge in [-0.15, -0.1) is 0 Å². The van der Waals surface area contributed by atoms with Gasteiger partial charge in [0.2, 0.25) is 5.91 Å². The fourth-order valence-electron chi connectivity index (χ4n) is 2.13. The lowest BCUT2D eigenvalue weighted by atomic mass is 10.2. The molecule has 1 amide bonds. The van der Waals surface area contributed by atoms with Crippen LogP contribution in [0.4, 0.5) is 0 Å². The van der Waals surface area contributed by atoms with Crippen LogP contribution in [0.1, 0.15) is 32.1 Å². The molecule has 0 aromatic heterocycles. The number of hydrogen-bond donors (Lipinski definition) is 2. The smallest absolute Gasteiger partial charge is 0.243 e. The quantitative estimate of drug-likeness (QED) is 0.408. The monoisotopic (exact) mass is 284 g/mol. The lowest BCUT2D eigenvalue weighted by molar-refractivity contribution is -0.127. The Balaban J connectivity index is 2.43. The molecular formula is C14H28N4O2. The van der Waals surface area contributed by atoms with Crippen LogP contribution >= 0.6 is 0 Å². The van der Waals surface area contributed by atoms with Gasteiger partial charge in [-0.3, -0.25) is 4.79 Å². The van der Waals surface area contributed by atoms with Crippen LogP contribution in [0.15, 0.2) is 4.99 Å². The molecule has 1 saturated carbocycles. The highest BCUT2D eigenvalue weighted by Gasteiger charge is 2.16. The van der Waals surface area contributed by atoms with Gasteiger partial charge >= 0.3 is 0 Å². The molecule has 0 aromatic rings. The summed E-state index contributed by atoms with van der Waals surface area (Å²) < 4.78 is 5.03. The standard InChI is InChI=1S/C14H28N4O2/c1-18(2)13(19)11-16-14(15-9-6-10-20-3)17-12-7-4-5-8-12/h12H,4-11H2,1-3H3,(H2,15,16,17). The second kappa shape index (κ2) is 9.58. The predicted molar refractivity (Wildman–Crippen MR) is 80.9 cm³/mol. The molecule has 0 heterocycles. The molecule has 1 rings (SSSR count). The van der Waals surface area contributed by atoms with Crippen molar-refractivity contribution in [2.75, 3.05) is 40.9 Å². The van der Waals surface area contributed by atoms with E-state index < -0.39 is 0 Å². The van der Waals surface area contributed by atoms with Crippen LogP contribution in [0.25, 0.3) is 0 Å². The number of amides is 1. The summed E-state index contributed by atoms with van der Waals surface area (Å²) in [6.45, 7) is 1.70. The number of guanidine groups is 1. The van der Waals surface area contributed by atoms with Crippen LogP contribution in [-0.2, 0) is 9.53 Å². The summed E-state index contributed by atoms with van der Waals surface area (Å²) in [5.41, 5.74) is 0. The molecule has 0 saturated heterocycles. The molecule has 1 aliphatic rings. The van der Waals surface area contributed by atoms with Crippen LogP contribution in [-0.4, -0.2) is 63.7 Å². The zero-order valence-electron chi connectivity index (χ0n) is 12.9. The first kappa shape index (κ1) is 16.8. The number of methoxy groups -OCH3 is 1. The summed E-state index contributed by atoms with van der Waals surface area (Å²) in [5, 5.41) is 6.68. The van der Waals surface area contributed by atoms with E-state index in [0.29, 0.717) is 6.04 Å². The largest absolute Gasteiger partial charge is 0.385 e. The molecule has 0 aliphatic heterocycles. The van der Waals surface area contributed by atoms with Crippen molar-refractivity contribution in [1.29, 1.82) is 0 Å². The Hall–Kier alpha value is -1.30. The Bertz CT molecular complexity index is 312. The van der Waals surface area contributed by atoms with Gasteiger partial charge in [-0.2, -0.15) is 0 Å². The number of nitrogens with one attached hydrogen (secondary N) is 2. The molecule has 0 radical (unpaired) electrons. The lowest BCUT2D eigenvalue weighted by Crippen LogP contribution is -2.43. The summed E-state index contributed by atoms with van der Waals surface area (Å²) in [6.07, 6.45) is 5.82. The number of carbonyl (C=O) groups excluding carboxylic acids is 1. The average Bonchev–Trinajstić information content (AvgIpc) is 2.92. The van der Waals surface area contributed by atoms with E-state index in [4.69, 9.17) is 4.74 Å². The van der Waals surface area contributed by atoms with E-state index in [1.54, 1.807) is 26.1 Å². The number of hydrogen-bond acceptors (Lipinski definition) is 3. The van der Waals surface area contributed by atoms with Crippen molar-refractivity contribution in [3.63, 3.8) is 0 Å². The minimum Gasteiger partial charge on any atom is -0.385 e. The Morgan fingerprint density at radius 2 is 2.05 bits per heavy atom. The van der Waals surface area contributed by atoms with Crippen molar-refractivity contribution in [3.8, 4) is 0 Å². The van der Waals surface area contributed by atoms with Crippen molar-refractivity contribution in [2.45, 2.75) is 38.1 Å². The van der Waals surface area contributed by atoms with Crippen molar-refractivity contribution in [3.05, 3.63) is 0 Å². The number of likely N-dealkylation sites (N-methyl/N-ethyl adjacent to an activating group) is 1. The van der Waals surface area contributed by atoms with E-state index in [2.05, 4.69) is 15.6 Å².